The lowest BCUT2D eigenvalue weighted by Crippen LogP contribution is -2.21. The lowest BCUT2D eigenvalue weighted by Gasteiger charge is -2.35. The maximum atomic E-state index is 5.61. The van der Waals surface area contributed by atoms with Crippen LogP contribution in [0.3, 0.4) is 0 Å². The zero-order valence-electron chi connectivity index (χ0n) is 23.3. The Hall–Kier alpha value is -0.0400. The highest BCUT2D eigenvalue weighted by molar-refractivity contribution is 4.80. The molecular formula is C31H64O. The van der Waals surface area contributed by atoms with Crippen LogP contribution in [0.15, 0.2) is 0 Å². The third kappa shape index (κ3) is 20.6. The van der Waals surface area contributed by atoms with E-state index in [9.17, 15) is 0 Å². The number of unbranched alkanes of at least 4 members (excludes halogenated alkanes) is 15. The highest BCUT2D eigenvalue weighted by Gasteiger charge is 2.28. The highest BCUT2D eigenvalue weighted by atomic mass is 16.5. The Balaban J connectivity index is 4.39. The largest absolute Gasteiger partial charge is 0.381 e. The number of hydrogen-bond acceptors (Lipinski definition) is 1. The van der Waals surface area contributed by atoms with Crippen LogP contribution < -0.4 is 0 Å². The minimum Gasteiger partial charge on any atom is -0.381 e. The van der Waals surface area contributed by atoms with E-state index in [-0.39, 0.29) is 0 Å². The number of hydrogen-bond donors (Lipinski definition) is 0. The Morgan fingerprint density at radius 1 is 0.344 bits per heavy atom. The van der Waals surface area contributed by atoms with Crippen LogP contribution in [0.5, 0.6) is 0 Å². The summed E-state index contributed by atoms with van der Waals surface area (Å²) in [5.41, 5.74) is 0.672. The van der Waals surface area contributed by atoms with Crippen molar-refractivity contribution in [1.82, 2.24) is 0 Å². The molecule has 1 heteroatoms. The summed E-state index contributed by atoms with van der Waals surface area (Å²) < 4.78 is 5.61. The molecule has 194 valence electrons. The van der Waals surface area contributed by atoms with E-state index in [1.807, 2.05) is 0 Å². The standard InChI is InChI=1S/C31H64O/c1-5-9-12-20-25-31(26-21-13-10-6-2,27-22-14-11-7-3)28-23-18-16-15-17-19-24-30-32-29-8-4/h5-30H2,1-4H3. The molecule has 0 aromatic rings. The molecule has 0 unspecified atom stereocenters. The van der Waals surface area contributed by atoms with Crippen LogP contribution in [0, 0.1) is 5.41 Å². The molecule has 0 N–H and O–H groups in total. The van der Waals surface area contributed by atoms with Crippen LogP contribution in [0.25, 0.3) is 0 Å². The van der Waals surface area contributed by atoms with E-state index >= 15 is 0 Å². The van der Waals surface area contributed by atoms with Crippen LogP contribution in [0.2, 0.25) is 0 Å². The van der Waals surface area contributed by atoms with Gasteiger partial charge in [0.25, 0.3) is 0 Å². The van der Waals surface area contributed by atoms with Crippen molar-refractivity contribution in [2.75, 3.05) is 13.2 Å². The number of ether oxygens (including phenoxy) is 1. The fourth-order valence-corrected chi connectivity index (χ4v) is 5.36. The molecule has 0 saturated carbocycles. The van der Waals surface area contributed by atoms with E-state index in [2.05, 4.69) is 27.7 Å². The van der Waals surface area contributed by atoms with Gasteiger partial charge in [0.1, 0.15) is 0 Å². The topological polar surface area (TPSA) is 9.23 Å². The summed E-state index contributed by atoms with van der Waals surface area (Å²) in [6, 6.07) is 0. The fraction of sp³-hybridized carbons (Fsp3) is 1.00. The molecule has 0 spiro atoms. The van der Waals surface area contributed by atoms with Gasteiger partial charge in [-0.05, 0) is 43.9 Å². The first-order valence-corrected chi connectivity index (χ1v) is 15.3. The summed E-state index contributed by atoms with van der Waals surface area (Å²) >= 11 is 0. The van der Waals surface area contributed by atoms with Crippen molar-refractivity contribution in [2.45, 2.75) is 182 Å². The second-order valence-corrected chi connectivity index (χ2v) is 10.8. The zero-order chi connectivity index (χ0) is 23.6. The van der Waals surface area contributed by atoms with Gasteiger partial charge in [-0.15, -0.1) is 0 Å². The summed E-state index contributed by atoms with van der Waals surface area (Å²) in [5, 5.41) is 0. The molecule has 0 aromatic heterocycles. The fourth-order valence-electron chi connectivity index (χ4n) is 5.36. The van der Waals surface area contributed by atoms with Crippen molar-refractivity contribution in [1.29, 1.82) is 0 Å². The Morgan fingerprint density at radius 2 is 0.688 bits per heavy atom. The molecule has 0 fully saturated rings. The van der Waals surface area contributed by atoms with E-state index in [1.165, 1.54) is 148 Å². The van der Waals surface area contributed by atoms with Crippen molar-refractivity contribution < 1.29 is 4.74 Å². The second-order valence-electron chi connectivity index (χ2n) is 10.8. The minimum atomic E-state index is 0.672. The first-order chi connectivity index (χ1) is 15.7. The van der Waals surface area contributed by atoms with Crippen LogP contribution >= 0.6 is 0 Å². The lowest BCUT2D eigenvalue weighted by molar-refractivity contribution is 0.130. The van der Waals surface area contributed by atoms with Crippen molar-refractivity contribution >= 4 is 0 Å². The van der Waals surface area contributed by atoms with Gasteiger partial charge in [0.05, 0.1) is 0 Å². The molecule has 0 saturated heterocycles. The van der Waals surface area contributed by atoms with Crippen molar-refractivity contribution in [3.8, 4) is 0 Å². The second kappa shape index (κ2) is 25.6. The molecular weight excluding hydrogens is 388 g/mol. The van der Waals surface area contributed by atoms with Gasteiger partial charge in [-0.2, -0.15) is 0 Å². The molecule has 0 aliphatic heterocycles. The molecule has 0 aliphatic rings. The Bertz CT molecular complexity index is 306. The molecule has 0 aromatic carbocycles. The van der Waals surface area contributed by atoms with Gasteiger partial charge in [0, 0.05) is 13.2 Å². The summed E-state index contributed by atoms with van der Waals surface area (Å²) in [4.78, 5) is 0. The number of rotatable bonds is 27. The lowest BCUT2D eigenvalue weighted by atomic mass is 9.70. The normalized spacial score (nSPS) is 12.0. The van der Waals surface area contributed by atoms with E-state index < -0.39 is 0 Å². The molecule has 0 atom stereocenters. The van der Waals surface area contributed by atoms with Gasteiger partial charge < -0.3 is 4.74 Å². The summed E-state index contributed by atoms with van der Waals surface area (Å²) in [6.45, 7) is 11.2. The summed E-state index contributed by atoms with van der Waals surface area (Å²) in [6.07, 6.45) is 34.3. The van der Waals surface area contributed by atoms with Crippen LogP contribution in [0.1, 0.15) is 182 Å². The first kappa shape index (κ1) is 32.0. The van der Waals surface area contributed by atoms with Gasteiger partial charge in [-0.1, -0.05) is 143 Å². The molecule has 0 heterocycles. The predicted octanol–water partition coefficient (Wildman–Crippen LogP) is 11.4. The molecule has 32 heavy (non-hydrogen) atoms. The molecule has 0 radical (unpaired) electrons. The van der Waals surface area contributed by atoms with Gasteiger partial charge in [0.2, 0.25) is 0 Å². The van der Waals surface area contributed by atoms with Crippen molar-refractivity contribution in [3.63, 3.8) is 0 Å². The maximum Gasteiger partial charge on any atom is 0.0466 e. The van der Waals surface area contributed by atoms with Crippen LogP contribution in [0.4, 0.5) is 0 Å². The molecule has 0 rings (SSSR count). The smallest absolute Gasteiger partial charge is 0.0466 e. The molecule has 0 amide bonds. The SMILES string of the molecule is CCCCCCC(CCCCCC)(CCCCCC)CCCCCCCCCOCCC. The summed E-state index contributed by atoms with van der Waals surface area (Å²) in [7, 11) is 0. The Morgan fingerprint density at radius 3 is 1.06 bits per heavy atom. The molecule has 0 aliphatic carbocycles. The van der Waals surface area contributed by atoms with E-state index in [0.717, 1.165) is 19.6 Å². The van der Waals surface area contributed by atoms with Gasteiger partial charge in [-0.25, -0.2) is 0 Å². The predicted molar refractivity (Wildman–Crippen MR) is 147 cm³/mol. The third-order valence-electron chi connectivity index (χ3n) is 7.53. The van der Waals surface area contributed by atoms with Gasteiger partial charge in [0.15, 0.2) is 0 Å². The highest BCUT2D eigenvalue weighted by Crippen LogP contribution is 2.42. The third-order valence-corrected chi connectivity index (χ3v) is 7.53. The summed E-state index contributed by atoms with van der Waals surface area (Å²) in [5.74, 6) is 0. The Kier molecular flexibility index (Phi) is 25.5. The average Bonchev–Trinajstić information content (AvgIpc) is 2.81. The van der Waals surface area contributed by atoms with Gasteiger partial charge in [-0.3, -0.25) is 0 Å². The molecule has 1 nitrogen and oxygen atoms in total. The van der Waals surface area contributed by atoms with E-state index in [1.54, 1.807) is 0 Å². The van der Waals surface area contributed by atoms with Crippen molar-refractivity contribution in [2.24, 2.45) is 5.41 Å². The quantitative estimate of drug-likeness (QED) is 0.113. The molecule has 0 bridgehead atoms. The minimum absolute atomic E-state index is 0.672. The average molecular weight is 453 g/mol. The van der Waals surface area contributed by atoms with Crippen molar-refractivity contribution in [3.05, 3.63) is 0 Å². The van der Waals surface area contributed by atoms with Crippen LogP contribution in [-0.4, -0.2) is 13.2 Å². The zero-order valence-corrected chi connectivity index (χ0v) is 23.3. The van der Waals surface area contributed by atoms with E-state index in [0.29, 0.717) is 5.41 Å². The van der Waals surface area contributed by atoms with Crippen LogP contribution in [-0.2, 0) is 4.74 Å². The maximum absolute atomic E-state index is 5.61. The monoisotopic (exact) mass is 452 g/mol. The first-order valence-electron chi connectivity index (χ1n) is 15.3. The van der Waals surface area contributed by atoms with Gasteiger partial charge >= 0.3 is 0 Å². The van der Waals surface area contributed by atoms with E-state index in [4.69, 9.17) is 4.74 Å². The Labute approximate surface area is 205 Å².